The summed E-state index contributed by atoms with van der Waals surface area (Å²) in [6, 6.07) is 1.74. The highest BCUT2D eigenvalue weighted by molar-refractivity contribution is 5.88. The number of aromatic carboxylic acids is 1. The minimum absolute atomic E-state index is 0.00509. The number of benzene rings is 1. The largest absolute Gasteiger partial charge is 0.493 e. The van der Waals surface area contributed by atoms with Crippen molar-refractivity contribution in [1.82, 2.24) is 10.2 Å². The number of aromatic amines is 1. The summed E-state index contributed by atoms with van der Waals surface area (Å²) in [7, 11) is 2.40. The third-order valence-electron chi connectivity index (χ3n) is 2.61. The fourth-order valence-electron chi connectivity index (χ4n) is 1.78. The van der Waals surface area contributed by atoms with Crippen LogP contribution in [0.5, 0.6) is 11.5 Å². The number of hydrogen-bond acceptors (Lipinski definition) is 4. The first kappa shape index (κ1) is 13.8. The van der Waals surface area contributed by atoms with E-state index in [2.05, 4.69) is 10.2 Å². The fraction of sp³-hybridized carbons (Fsp3) is 0.167. The number of carboxylic acid groups (broad SMARTS) is 1. The molecule has 2 aromatic rings. The van der Waals surface area contributed by atoms with Gasteiger partial charge in [0.1, 0.15) is 11.4 Å². The summed E-state index contributed by atoms with van der Waals surface area (Å²) < 4.78 is 37.2. The van der Waals surface area contributed by atoms with Gasteiger partial charge in [-0.05, 0) is 6.07 Å². The number of H-pyrrole nitrogens is 1. The first-order chi connectivity index (χ1) is 9.49. The Morgan fingerprint density at radius 2 is 1.75 bits per heavy atom. The van der Waals surface area contributed by atoms with Gasteiger partial charge in [0, 0.05) is 6.07 Å². The van der Waals surface area contributed by atoms with E-state index >= 15 is 0 Å². The van der Waals surface area contributed by atoms with Gasteiger partial charge in [-0.2, -0.15) is 5.10 Å². The Morgan fingerprint density at radius 3 is 2.15 bits per heavy atom. The molecule has 1 heterocycles. The van der Waals surface area contributed by atoms with E-state index in [1.54, 1.807) is 0 Å². The van der Waals surface area contributed by atoms with Crippen molar-refractivity contribution in [2.45, 2.75) is 0 Å². The summed E-state index contributed by atoms with van der Waals surface area (Å²) in [5.41, 5.74) is -0.334. The van der Waals surface area contributed by atoms with Crippen LogP contribution in [0.4, 0.5) is 8.78 Å². The third-order valence-corrected chi connectivity index (χ3v) is 2.61. The SMILES string of the molecule is COc1c(F)cc(F)c(OC)c1-c1cc(C(=O)O)[nH]n1. The van der Waals surface area contributed by atoms with E-state index in [4.69, 9.17) is 14.6 Å². The highest BCUT2D eigenvalue weighted by Crippen LogP contribution is 2.41. The minimum Gasteiger partial charge on any atom is -0.493 e. The van der Waals surface area contributed by atoms with Crippen molar-refractivity contribution >= 4 is 5.97 Å². The molecule has 0 radical (unpaired) electrons. The molecule has 20 heavy (non-hydrogen) atoms. The van der Waals surface area contributed by atoms with Crippen LogP contribution in [-0.2, 0) is 0 Å². The molecular formula is C12H10F2N2O4. The molecule has 1 aromatic carbocycles. The molecule has 0 aliphatic carbocycles. The smallest absolute Gasteiger partial charge is 0.353 e. The minimum atomic E-state index is -1.25. The first-order valence-electron chi connectivity index (χ1n) is 5.38. The van der Waals surface area contributed by atoms with Crippen LogP contribution in [0.3, 0.4) is 0 Å². The maximum atomic E-state index is 13.7. The molecular weight excluding hydrogens is 274 g/mol. The molecule has 0 saturated carbocycles. The van der Waals surface area contributed by atoms with Crippen LogP contribution in [-0.4, -0.2) is 35.5 Å². The number of carboxylic acids is 1. The fourth-order valence-corrected chi connectivity index (χ4v) is 1.78. The van der Waals surface area contributed by atoms with E-state index < -0.39 is 17.6 Å². The maximum Gasteiger partial charge on any atom is 0.353 e. The van der Waals surface area contributed by atoms with Crippen molar-refractivity contribution in [3.8, 4) is 22.8 Å². The molecule has 1 aromatic heterocycles. The molecule has 0 fully saturated rings. The van der Waals surface area contributed by atoms with E-state index in [1.165, 1.54) is 14.2 Å². The van der Waals surface area contributed by atoms with Crippen LogP contribution >= 0.6 is 0 Å². The molecule has 0 unspecified atom stereocenters. The van der Waals surface area contributed by atoms with E-state index in [9.17, 15) is 13.6 Å². The average Bonchev–Trinajstić information content (AvgIpc) is 2.87. The van der Waals surface area contributed by atoms with Crippen LogP contribution < -0.4 is 9.47 Å². The van der Waals surface area contributed by atoms with Crippen molar-refractivity contribution in [1.29, 1.82) is 0 Å². The summed E-state index contributed by atoms with van der Waals surface area (Å²) >= 11 is 0. The topological polar surface area (TPSA) is 84.4 Å². The molecule has 0 atom stereocenters. The highest BCUT2D eigenvalue weighted by Gasteiger charge is 2.24. The van der Waals surface area contributed by atoms with Crippen molar-refractivity contribution in [2.75, 3.05) is 14.2 Å². The molecule has 0 saturated heterocycles. The molecule has 6 nitrogen and oxygen atoms in total. The van der Waals surface area contributed by atoms with Crippen LogP contribution in [0.1, 0.15) is 10.5 Å². The van der Waals surface area contributed by atoms with Crippen LogP contribution in [0.25, 0.3) is 11.3 Å². The van der Waals surface area contributed by atoms with Gasteiger partial charge in [0.15, 0.2) is 23.1 Å². The van der Waals surface area contributed by atoms with Gasteiger partial charge < -0.3 is 14.6 Å². The summed E-state index contributed by atoms with van der Waals surface area (Å²) in [4.78, 5) is 10.8. The number of halogens is 2. The predicted octanol–water partition coefficient (Wildman–Crippen LogP) is 2.07. The molecule has 2 N–H and O–H groups in total. The number of carbonyl (C=O) groups is 1. The second-order valence-corrected chi connectivity index (χ2v) is 3.75. The molecule has 0 amide bonds. The second kappa shape index (κ2) is 5.16. The van der Waals surface area contributed by atoms with E-state index in [0.717, 1.165) is 6.07 Å². The molecule has 0 aliphatic heterocycles. The van der Waals surface area contributed by atoms with Gasteiger partial charge in [-0.3, -0.25) is 5.10 Å². The van der Waals surface area contributed by atoms with Crippen molar-refractivity contribution < 1.29 is 28.2 Å². The number of nitrogens with zero attached hydrogens (tertiary/aromatic N) is 1. The van der Waals surface area contributed by atoms with E-state index in [1.807, 2.05) is 0 Å². The Kier molecular flexibility index (Phi) is 3.55. The quantitative estimate of drug-likeness (QED) is 0.897. The van der Waals surface area contributed by atoms with Crippen LogP contribution in [0.2, 0.25) is 0 Å². The monoisotopic (exact) mass is 284 g/mol. The van der Waals surface area contributed by atoms with Crippen LogP contribution in [0.15, 0.2) is 12.1 Å². The first-order valence-corrected chi connectivity index (χ1v) is 5.38. The van der Waals surface area contributed by atoms with Gasteiger partial charge in [0.25, 0.3) is 0 Å². The summed E-state index contributed by atoms with van der Waals surface area (Å²) in [5.74, 6) is -3.71. The molecule has 0 aliphatic rings. The van der Waals surface area contributed by atoms with Crippen LogP contribution in [0, 0.1) is 11.6 Å². The zero-order chi connectivity index (χ0) is 14.9. The third kappa shape index (κ3) is 2.15. The predicted molar refractivity (Wildman–Crippen MR) is 64.0 cm³/mol. The van der Waals surface area contributed by atoms with E-state index in [-0.39, 0.29) is 28.5 Å². The van der Waals surface area contributed by atoms with Gasteiger partial charge in [-0.1, -0.05) is 0 Å². The van der Waals surface area contributed by atoms with Gasteiger partial charge in [0.2, 0.25) is 0 Å². The van der Waals surface area contributed by atoms with Gasteiger partial charge >= 0.3 is 5.97 Å². The lowest BCUT2D eigenvalue weighted by molar-refractivity contribution is 0.0690. The van der Waals surface area contributed by atoms with Crippen molar-refractivity contribution in [3.05, 3.63) is 29.5 Å². The van der Waals surface area contributed by atoms with Gasteiger partial charge in [0.05, 0.1) is 19.8 Å². The Labute approximate surface area is 111 Å². The molecule has 8 heteroatoms. The number of hydrogen-bond donors (Lipinski definition) is 2. The standard InChI is InChI=1S/C12H10F2N2O4/c1-19-10-5(13)3-6(14)11(20-2)9(10)7-4-8(12(17)18)16-15-7/h3-4H,1-2H3,(H,15,16)(H,17,18). The molecule has 0 spiro atoms. The summed E-state index contributed by atoms with van der Waals surface area (Å²) in [6.45, 7) is 0. The molecule has 2 rings (SSSR count). The Hall–Kier alpha value is -2.64. The number of methoxy groups -OCH3 is 2. The lowest BCUT2D eigenvalue weighted by Gasteiger charge is -2.12. The van der Waals surface area contributed by atoms with Crippen molar-refractivity contribution in [2.24, 2.45) is 0 Å². The zero-order valence-corrected chi connectivity index (χ0v) is 10.5. The number of aromatic nitrogens is 2. The molecule has 106 valence electrons. The van der Waals surface area contributed by atoms with Gasteiger partial charge in [-0.25, -0.2) is 13.6 Å². The average molecular weight is 284 g/mol. The molecule has 0 bridgehead atoms. The highest BCUT2D eigenvalue weighted by atomic mass is 19.1. The number of rotatable bonds is 4. The Balaban J connectivity index is 2.72. The zero-order valence-electron chi connectivity index (χ0n) is 10.5. The normalized spacial score (nSPS) is 10.4. The Morgan fingerprint density at radius 1 is 1.20 bits per heavy atom. The van der Waals surface area contributed by atoms with Crippen molar-refractivity contribution in [3.63, 3.8) is 0 Å². The maximum absolute atomic E-state index is 13.7. The number of ether oxygens (including phenoxy) is 2. The summed E-state index contributed by atoms with van der Waals surface area (Å²) in [5, 5.41) is 14.8. The second-order valence-electron chi connectivity index (χ2n) is 3.75. The van der Waals surface area contributed by atoms with Gasteiger partial charge in [-0.15, -0.1) is 0 Å². The lowest BCUT2D eigenvalue weighted by Crippen LogP contribution is -1.99. The Bertz CT molecular complexity index is 641. The van der Waals surface area contributed by atoms with E-state index in [0.29, 0.717) is 6.07 Å². The number of nitrogens with one attached hydrogen (secondary N) is 1. The lowest BCUT2D eigenvalue weighted by atomic mass is 10.1. The summed E-state index contributed by atoms with van der Waals surface area (Å²) in [6.07, 6.45) is 0.